The lowest BCUT2D eigenvalue weighted by Gasteiger charge is -2.28. The van der Waals surface area contributed by atoms with E-state index in [1.165, 1.54) is 7.11 Å². The first-order valence-corrected chi connectivity index (χ1v) is 6.02. The number of nitriles is 1. The minimum absolute atomic E-state index is 0.0108. The summed E-state index contributed by atoms with van der Waals surface area (Å²) in [6.45, 7) is 8.85. The molecule has 0 fully saturated rings. The molecule has 1 N–H and O–H groups in total. The zero-order chi connectivity index (χ0) is 13.5. The Morgan fingerprint density at radius 2 is 2.06 bits per heavy atom. The predicted octanol–water partition coefficient (Wildman–Crippen LogP) is 2.10. The van der Waals surface area contributed by atoms with Crippen molar-refractivity contribution < 1.29 is 9.53 Å². The molecule has 0 aliphatic heterocycles. The third-order valence-corrected chi connectivity index (χ3v) is 2.84. The van der Waals surface area contributed by atoms with E-state index in [-0.39, 0.29) is 23.3 Å². The van der Waals surface area contributed by atoms with Gasteiger partial charge in [-0.15, -0.1) is 0 Å². The molecule has 0 spiro atoms. The molecule has 0 rings (SSSR count). The highest BCUT2D eigenvalue weighted by atomic mass is 16.5. The number of esters is 1. The molecule has 0 aliphatic carbocycles. The molecular formula is C13H24N2O2. The second kappa shape index (κ2) is 7.29. The first-order chi connectivity index (χ1) is 7.84. The third-order valence-electron chi connectivity index (χ3n) is 2.84. The summed E-state index contributed by atoms with van der Waals surface area (Å²) >= 11 is 0. The van der Waals surface area contributed by atoms with Crippen molar-refractivity contribution in [2.45, 2.75) is 46.6 Å². The Morgan fingerprint density at radius 1 is 1.47 bits per heavy atom. The fourth-order valence-electron chi connectivity index (χ4n) is 1.59. The Hall–Kier alpha value is -1.08. The van der Waals surface area contributed by atoms with E-state index in [4.69, 9.17) is 10.00 Å². The molecule has 0 heterocycles. The van der Waals surface area contributed by atoms with Crippen LogP contribution in [0.15, 0.2) is 0 Å². The van der Waals surface area contributed by atoms with Crippen molar-refractivity contribution in [1.82, 2.24) is 5.32 Å². The second-order valence-corrected chi connectivity index (χ2v) is 5.45. The lowest BCUT2D eigenvalue weighted by Crippen LogP contribution is -2.45. The maximum Gasteiger partial charge on any atom is 0.323 e. The van der Waals surface area contributed by atoms with Crippen molar-refractivity contribution in [3.8, 4) is 6.07 Å². The maximum absolute atomic E-state index is 11.5. The summed E-state index contributed by atoms with van der Waals surface area (Å²) in [7, 11) is 1.40. The summed E-state index contributed by atoms with van der Waals surface area (Å²) in [5.41, 5.74) is 0.0108. The minimum atomic E-state index is -0.277. The molecule has 0 aliphatic rings. The smallest absolute Gasteiger partial charge is 0.323 e. The summed E-state index contributed by atoms with van der Waals surface area (Å²) in [5, 5.41) is 11.8. The van der Waals surface area contributed by atoms with Crippen molar-refractivity contribution >= 4 is 5.97 Å². The molecule has 0 aromatic heterocycles. The van der Waals surface area contributed by atoms with E-state index in [0.717, 1.165) is 6.42 Å². The SMILES string of the molecule is COC(=O)C(NCC(C)(C)CCC#N)C(C)C. The molecule has 98 valence electrons. The highest BCUT2D eigenvalue weighted by Crippen LogP contribution is 2.21. The molecule has 17 heavy (non-hydrogen) atoms. The van der Waals surface area contributed by atoms with Gasteiger partial charge in [0.1, 0.15) is 6.04 Å². The number of carbonyl (C=O) groups excluding carboxylic acids is 1. The van der Waals surface area contributed by atoms with Gasteiger partial charge in [0.15, 0.2) is 0 Å². The number of nitrogens with zero attached hydrogens (tertiary/aromatic N) is 1. The molecule has 0 saturated carbocycles. The van der Waals surface area contributed by atoms with Crippen molar-refractivity contribution in [2.24, 2.45) is 11.3 Å². The summed E-state index contributed by atoms with van der Waals surface area (Å²) in [6.07, 6.45) is 1.36. The molecule has 1 atom stereocenters. The largest absolute Gasteiger partial charge is 0.468 e. The van der Waals surface area contributed by atoms with Gasteiger partial charge in [-0.05, 0) is 17.8 Å². The topological polar surface area (TPSA) is 62.1 Å². The van der Waals surface area contributed by atoms with Crippen LogP contribution in [-0.4, -0.2) is 25.7 Å². The Bertz CT molecular complexity index is 280. The summed E-state index contributed by atoms with van der Waals surface area (Å²) in [4.78, 5) is 11.5. The number of carbonyl (C=O) groups is 1. The third kappa shape index (κ3) is 6.28. The van der Waals surface area contributed by atoms with E-state index in [0.29, 0.717) is 13.0 Å². The Labute approximate surface area is 104 Å². The zero-order valence-electron chi connectivity index (χ0n) is 11.5. The second-order valence-electron chi connectivity index (χ2n) is 5.45. The Morgan fingerprint density at radius 3 is 2.47 bits per heavy atom. The summed E-state index contributed by atoms with van der Waals surface area (Å²) < 4.78 is 4.77. The average molecular weight is 240 g/mol. The van der Waals surface area contributed by atoms with Gasteiger partial charge in [0, 0.05) is 13.0 Å². The van der Waals surface area contributed by atoms with Gasteiger partial charge in [-0.1, -0.05) is 27.7 Å². The van der Waals surface area contributed by atoms with E-state index < -0.39 is 0 Å². The van der Waals surface area contributed by atoms with Gasteiger partial charge in [-0.25, -0.2) is 0 Å². The normalized spacial score (nSPS) is 13.2. The van der Waals surface area contributed by atoms with Gasteiger partial charge in [0.25, 0.3) is 0 Å². The standard InChI is InChI=1S/C13H24N2O2/c1-10(2)11(12(16)17-5)15-9-13(3,4)7-6-8-14/h10-11,15H,6-7,9H2,1-5H3. The molecule has 0 amide bonds. The quantitative estimate of drug-likeness (QED) is 0.692. The van der Waals surface area contributed by atoms with Gasteiger partial charge in [0.05, 0.1) is 13.2 Å². The van der Waals surface area contributed by atoms with Crippen LogP contribution in [-0.2, 0) is 9.53 Å². The van der Waals surface area contributed by atoms with Crippen molar-refractivity contribution in [1.29, 1.82) is 5.26 Å². The van der Waals surface area contributed by atoms with Gasteiger partial charge in [-0.2, -0.15) is 5.26 Å². The van der Waals surface area contributed by atoms with Gasteiger partial charge >= 0.3 is 5.97 Å². The molecule has 0 aromatic carbocycles. The number of hydrogen-bond acceptors (Lipinski definition) is 4. The summed E-state index contributed by atoms with van der Waals surface area (Å²) in [5.74, 6) is -0.0368. The predicted molar refractivity (Wildman–Crippen MR) is 67.3 cm³/mol. The van der Waals surface area contributed by atoms with Crippen LogP contribution in [0.3, 0.4) is 0 Å². The molecule has 0 bridgehead atoms. The molecule has 0 aromatic rings. The first-order valence-electron chi connectivity index (χ1n) is 6.02. The zero-order valence-corrected chi connectivity index (χ0v) is 11.5. The first kappa shape index (κ1) is 15.9. The number of ether oxygens (including phenoxy) is 1. The lowest BCUT2D eigenvalue weighted by atomic mass is 9.87. The van der Waals surface area contributed by atoms with Gasteiger partial charge < -0.3 is 10.1 Å². The van der Waals surface area contributed by atoms with E-state index in [1.807, 2.05) is 13.8 Å². The van der Waals surface area contributed by atoms with Crippen molar-refractivity contribution in [3.63, 3.8) is 0 Å². The van der Waals surface area contributed by atoms with Crippen LogP contribution in [0.4, 0.5) is 0 Å². The molecule has 4 heteroatoms. The highest BCUT2D eigenvalue weighted by molar-refractivity contribution is 5.75. The van der Waals surface area contributed by atoms with Crippen LogP contribution in [0.25, 0.3) is 0 Å². The van der Waals surface area contributed by atoms with Crippen molar-refractivity contribution in [3.05, 3.63) is 0 Å². The molecule has 1 unspecified atom stereocenters. The van der Waals surface area contributed by atoms with Crippen LogP contribution in [0.1, 0.15) is 40.5 Å². The lowest BCUT2D eigenvalue weighted by molar-refractivity contribution is -0.144. The fourth-order valence-corrected chi connectivity index (χ4v) is 1.59. The van der Waals surface area contributed by atoms with E-state index >= 15 is 0 Å². The molecule has 0 radical (unpaired) electrons. The monoisotopic (exact) mass is 240 g/mol. The van der Waals surface area contributed by atoms with Crippen LogP contribution in [0, 0.1) is 22.7 Å². The maximum atomic E-state index is 11.5. The molecule has 4 nitrogen and oxygen atoms in total. The molecular weight excluding hydrogens is 216 g/mol. The number of hydrogen-bond donors (Lipinski definition) is 1. The minimum Gasteiger partial charge on any atom is -0.468 e. The van der Waals surface area contributed by atoms with Crippen molar-refractivity contribution in [2.75, 3.05) is 13.7 Å². The fraction of sp³-hybridized carbons (Fsp3) is 0.846. The Kier molecular flexibility index (Phi) is 6.82. The molecule has 0 saturated heterocycles. The van der Waals surface area contributed by atoms with Crippen LogP contribution in [0.5, 0.6) is 0 Å². The van der Waals surface area contributed by atoms with Crippen LogP contribution < -0.4 is 5.32 Å². The highest BCUT2D eigenvalue weighted by Gasteiger charge is 2.25. The van der Waals surface area contributed by atoms with Gasteiger partial charge in [0.2, 0.25) is 0 Å². The van der Waals surface area contributed by atoms with E-state index in [2.05, 4.69) is 25.2 Å². The van der Waals surface area contributed by atoms with Crippen LogP contribution >= 0.6 is 0 Å². The van der Waals surface area contributed by atoms with E-state index in [1.54, 1.807) is 0 Å². The van der Waals surface area contributed by atoms with Gasteiger partial charge in [-0.3, -0.25) is 4.79 Å². The number of nitrogens with one attached hydrogen (secondary N) is 1. The summed E-state index contributed by atoms with van der Waals surface area (Å²) in [6, 6.07) is 1.87. The van der Waals surface area contributed by atoms with E-state index in [9.17, 15) is 4.79 Å². The Balaban J connectivity index is 4.30. The average Bonchev–Trinajstić information content (AvgIpc) is 2.25. The van der Waals surface area contributed by atoms with Crippen LogP contribution in [0.2, 0.25) is 0 Å². The number of rotatable bonds is 7. The number of methoxy groups -OCH3 is 1.